The van der Waals surface area contributed by atoms with Crippen LogP contribution in [-0.4, -0.2) is 34.1 Å². The van der Waals surface area contributed by atoms with Gasteiger partial charge in [-0.2, -0.15) is 5.10 Å². The third kappa shape index (κ3) is 1.53. The summed E-state index contributed by atoms with van der Waals surface area (Å²) < 4.78 is 6.65. The number of nitrogens with zero attached hydrogens (tertiary/aromatic N) is 2. The van der Waals surface area contributed by atoms with Gasteiger partial charge in [0.2, 0.25) is 0 Å². The van der Waals surface area contributed by atoms with E-state index in [9.17, 15) is 4.79 Å². The Hall–Kier alpha value is -1.62. The zero-order valence-corrected chi connectivity index (χ0v) is 9.09. The first-order valence-corrected chi connectivity index (χ1v) is 5.07. The largest absolute Gasteiger partial charge is 0.479 e. The Morgan fingerprint density at radius 2 is 2.50 bits per heavy atom. The molecule has 5 heteroatoms. The highest BCUT2D eigenvalue weighted by atomic mass is 16.5. The Labute approximate surface area is 93.3 Å². The van der Waals surface area contributed by atoms with Crippen molar-refractivity contribution in [2.75, 3.05) is 7.11 Å². The summed E-state index contributed by atoms with van der Waals surface area (Å²) in [5, 5.41) is 13.2. The SMILES string of the molecule is C=Cn1cc(C2(C(OC)C(=O)O)CC2)cn1. The van der Waals surface area contributed by atoms with Gasteiger partial charge in [-0.25, -0.2) is 9.48 Å². The Kier molecular flexibility index (Phi) is 2.55. The van der Waals surface area contributed by atoms with Gasteiger partial charge in [0.1, 0.15) is 0 Å². The second-order valence-electron chi connectivity index (χ2n) is 4.00. The van der Waals surface area contributed by atoms with Crippen LogP contribution in [0.1, 0.15) is 18.4 Å². The van der Waals surface area contributed by atoms with Crippen LogP contribution in [0.5, 0.6) is 0 Å². The van der Waals surface area contributed by atoms with Crippen molar-refractivity contribution in [3.8, 4) is 0 Å². The molecule has 0 saturated heterocycles. The molecule has 0 aromatic carbocycles. The summed E-state index contributed by atoms with van der Waals surface area (Å²) in [6.07, 6.45) is 5.90. The van der Waals surface area contributed by atoms with Crippen molar-refractivity contribution in [1.29, 1.82) is 0 Å². The van der Waals surface area contributed by atoms with Crippen LogP contribution in [0.25, 0.3) is 6.20 Å². The van der Waals surface area contributed by atoms with Gasteiger partial charge >= 0.3 is 5.97 Å². The zero-order valence-electron chi connectivity index (χ0n) is 9.09. The fraction of sp³-hybridized carbons (Fsp3) is 0.455. The number of rotatable bonds is 5. The fourth-order valence-electron chi connectivity index (χ4n) is 2.09. The smallest absolute Gasteiger partial charge is 0.333 e. The molecule has 1 N–H and O–H groups in total. The number of carbonyl (C=O) groups is 1. The summed E-state index contributed by atoms with van der Waals surface area (Å²) in [4.78, 5) is 11.1. The Balaban J connectivity index is 2.31. The lowest BCUT2D eigenvalue weighted by molar-refractivity contribution is -0.150. The van der Waals surface area contributed by atoms with Gasteiger partial charge in [-0.1, -0.05) is 6.58 Å². The standard InChI is InChI=1S/C11H14N2O3/c1-3-13-7-8(6-12-13)11(4-5-11)9(16-2)10(14)15/h3,6-7,9H,1,4-5H2,2H3,(H,14,15). The highest BCUT2D eigenvalue weighted by Crippen LogP contribution is 2.51. The summed E-state index contributed by atoms with van der Waals surface area (Å²) >= 11 is 0. The van der Waals surface area contributed by atoms with Crippen LogP contribution in [0.2, 0.25) is 0 Å². The lowest BCUT2D eigenvalue weighted by atomic mass is 9.92. The fourth-order valence-corrected chi connectivity index (χ4v) is 2.09. The van der Waals surface area contributed by atoms with Crippen LogP contribution in [0, 0.1) is 0 Å². The van der Waals surface area contributed by atoms with E-state index in [4.69, 9.17) is 9.84 Å². The van der Waals surface area contributed by atoms with E-state index in [0.717, 1.165) is 18.4 Å². The number of aromatic nitrogens is 2. The van der Waals surface area contributed by atoms with E-state index in [1.165, 1.54) is 7.11 Å². The van der Waals surface area contributed by atoms with E-state index in [1.807, 2.05) is 0 Å². The molecular weight excluding hydrogens is 208 g/mol. The van der Waals surface area contributed by atoms with Crippen molar-refractivity contribution in [3.63, 3.8) is 0 Å². The van der Waals surface area contributed by atoms with E-state index in [2.05, 4.69) is 11.7 Å². The lowest BCUT2D eigenvalue weighted by Crippen LogP contribution is -2.35. The minimum Gasteiger partial charge on any atom is -0.479 e. The summed E-state index contributed by atoms with van der Waals surface area (Å²) in [5.74, 6) is -0.925. The molecule has 1 aliphatic carbocycles. The molecule has 1 heterocycles. The van der Waals surface area contributed by atoms with Gasteiger partial charge < -0.3 is 9.84 Å². The molecule has 16 heavy (non-hydrogen) atoms. The van der Waals surface area contributed by atoms with Gasteiger partial charge in [0.05, 0.1) is 6.20 Å². The van der Waals surface area contributed by atoms with Gasteiger partial charge in [0, 0.05) is 24.9 Å². The second kappa shape index (κ2) is 3.75. The third-order valence-corrected chi connectivity index (χ3v) is 3.11. The van der Waals surface area contributed by atoms with Crippen LogP contribution >= 0.6 is 0 Å². The normalized spacial score (nSPS) is 19.1. The minimum absolute atomic E-state index is 0.401. The molecule has 1 atom stereocenters. The summed E-state index contributed by atoms with van der Waals surface area (Å²) in [7, 11) is 1.43. The van der Waals surface area contributed by atoms with Crippen molar-refractivity contribution in [3.05, 3.63) is 24.5 Å². The first kappa shape index (κ1) is 10.9. The number of hydrogen-bond acceptors (Lipinski definition) is 3. The molecule has 5 nitrogen and oxygen atoms in total. The maximum atomic E-state index is 11.1. The highest BCUT2D eigenvalue weighted by molar-refractivity contribution is 5.76. The molecule has 1 fully saturated rings. The predicted octanol–water partition coefficient (Wildman–Crippen LogP) is 1.11. The van der Waals surface area contributed by atoms with Crippen molar-refractivity contribution < 1.29 is 14.6 Å². The summed E-state index contributed by atoms with van der Waals surface area (Å²) in [5.41, 5.74) is 0.503. The number of aliphatic carboxylic acids is 1. The Morgan fingerprint density at radius 1 is 1.81 bits per heavy atom. The Morgan fingerprint density at radius 3 is 2.88 bits per heavy atom. The van der Waals surface area contributed by atoms with E-state index in [1.54, 1.807) is 23.3 Å². The number of ether oxygens (including phenoxy) is 1. The van der Waals surface area contributed by atoms with Gasteiger partial charge in [-0.3, -0.25) is 0 Å². The van der Waals surface area contributed by atoms with E-state index < -0.39 is 17.5 Å². The molecule has 0 aliphatic heterocycles. The van der Waals surface area contributed by atoms with Crippen molar-refractivity contribution >= 4 is 12.2 Å². The number of hydrogen-bond donors (Lipinski definition) is 1. The van der Waals surface area contributed by atoms with Gasteiger partial charge in [0.25, 0.3) is 0 Å². The van der Waals surface area contributed by atoms with Crippen LogP contribution in [-0.2, 0) is 14.9 Å². The maximum Gasteiger partial charge on any atom is 0.333 e. The third-order valence-electron chi connectivity index (χ3n) is 3.11. The first-order chi connectivity index (χ1) is 7.64. The number of carboxylic acids is 1. The lowest BCUT2D eigenvalue weighted by Gasteiger charge is -2.20. The number of carboxylic acid groups (broad SMARTS) is 1. The van der Waals surface area contributed by atoms with Crippen molar-refractivity contribution in [2.24, 2.45) is 0 Å². The van der Waals surface area contributed by atoms with E-state index in [-0.39, 0.29) is 0 Å². The van der Waals surface area contributed by atoms with Crippen LogP contribution < -0.4 is 0 Å². The van der Waals surface area contributed by atoms with E-state index in [0.29, 0.717) is 0 Å². The van der Waals surface area contributed by atoms with Gasteiger partial charge in [-0.15, -0.1) is 0 Å². The zero-order chi connectivity index (χ0) is 11.8. The average molecular weight is 222 g/mol. The van der Waals surface area contributed by atoms with Crippen molar-refractivity contribution in [2.45, 2.75) is 24.4 Å². The molecular formula is C11H14N2O3. The van der Waals surface area contributed by atoms with E-state index >= 15 is 0 Å². The molecule has 86 valence electrons. The van der Waals surface area contributed by atoms with Crippen LogP contribution in [0.15, 0.2) is 19.0 Å². The first-order valence-electron chi connectivity index (χ1n) is 5.07. The molecule has 1 unspecified atom stereocenters. The van der Waals surface area contributed by atoms with Crippen LogP contribution in [0.4, 0.5) is 0 Å². The summed E-state index contributed by atoms with van der Waals surface area (Å²) in [6.45, 7) is 3.60. The molecule has 0 bridgehead atoms. The monoisotopic (exact) mass is 222 g/mol. The molecule has 1 saturated carbocycles. The molecule has 0 radical (unpaired) electrons. The second-order valence-corrected chi connectivity index (χ2v) is 4.00. The quantitative estimate of drug-likeness (QED) is 0.810. The molecule has 1 aliphatic rings. The molecule has 0 spiro atoms. The highest BCUT2D eigenvalue weighted by Gasteiger charge is 2.55. The molecule has 2 rings (SSSR count). The van der Waals surface area contributed by atoms with Crippen LogP contribution in [0.3, 0.4) is 0 Å². The maximum absolute atomic E-state index is 11.1. The predicted molar refractivity (Wildman–Crippen MR) is 58.0 cm³/mol. The van der Waals surface area contributed by atoms with Crippen molar-refractivity contribution in [1.82, 2.24) is 9.78 Å². The minimum atomic E-state index is -0.925. The molecule has 1 aromatic rings. The number of methoxy groups -OCH3 is 1. The average Bonchev–Trinajstić information content (AvgIpc) is 2.90. The molecule has 0 amide bonds. The topological polar surface area (TPSA) is 64.3 Å². The van der Waals surface area contributed by atoms with Gasteiger partial charge in [-0.05, 0) is 18.4 Å². The van der Waals surface area contributed by atoms with Gasteiger partial charge in [0.15, 0.2) is 6.10 Å². The Bertz CT molecular complexity index is 421. The molecule has 1 aromatic heterocycles. The summed E-state index contributed by atoms with van der Waals surface area (Å²) in [6, 6.07) is 0.